The lowest BCUT2D eigenvalue weighted by molar-refractivity contribution is -0.137. The topological polar surface area (TPSA) is 661 Å². The molecule has 0 aliphatic heterocycles. The molecule has 0 heterocycles. The summed E-state index contributed by atoms with van der Waals surface area (Å²) >= 11 is 0. The Hall–Kier alpha value is -10.1. The molecule has 1 aromatic rings. The van der Waals surface area contributed by atoms with Crippen molar-refractivity contribution in [3.05, 3.63) is 35.9 Å². The zero-order valence-corrected chi connectivity index (χ0v) is 57.5. The first-order chi connectivity index (χ1) is 46.0. The smallest absolute Gasteiger partial charge is 0.243 e. The number of hydrogen-bond donors (Lipinski definition) is 21. The van der Waals surface area contributed by atoms with Gasteiger partial charge in [0.15, 0.2) is 23.8 Å². The van der Waals surface area contributed by atoms with E-state index in [4.69, 9.17) is 63.1 Å². The lowest BCUT2D eigenvalue weighted by atomic mass is 9.94. The molecule has 12 amide bonds. The third kappa shape index (κ3) is 34.5. The van der Waals surface area contributed by atoms with Gasteiger partial charge in [0, 0.05) is 32.6 Å². The van der Waals surface area contributed by atoms with Crippen LogP contribution in [0.4, 0.5) is 0 Å². The molecule has 1 rings (SSSR count). The molecule has 32 N–H and O–H groups in total. The molecule has 0 saturated heterocycles. The summed E-state index contributed by atoms with van der Waals surface area (Å²) in [5.74, 6) is -13.0. The average Bonchev–Trinajstić information content (AvgIpc) is 0.854. The van der Waals surface area contributed by atoms with Crippen LogP contribution in [0.25, 0.3) is 0 Å². The number of amides is 12. The van der Waals surface area contributed by atoms with E-state index in [2.05, 4.69) is 73.1 Å². The first-order valence-corrected chi connectivity index (χ1v) is 32.6. The van der Waals surface area contributed by atoms with Crippen molar-refractivity contribution >= 4 is 94.7 Å². The summed E-state index contributed by atoms with van der Waals surface area (Å²) in [6.07, 6.45) is -0.265. The number of nitrogens with two attached hydrogens (primary N) is 11. The molecule has 0 saturated carbocycles. The van der Waals surface area contributed by atoms with Crippen LogP contribution in [-0.2, 0) is 64.0 Å². The molecule has 0 spiro atoms. The van der Waals surface area contributed by atoms with Crippen LogP contribution in [0.2, 0.25) is 0 Å². The van der Waals surface area contributed by atoms with E-state index < -0.39 is 156 Å². The Bertz CT molecular complexity index is 2910. The number of guanidine groups is 4. The predicted molar refractivity (Wildman–Crippen MR) is 370 cm³/mol. The molecule has 550 valence electrons. The highest BCUT2D eigenvalue weighted by molar-refractivity contribution is 6.00. The third-order valence-corrected chi connectivity index (χ3v) is 15.4. The van der Waals surface area contributed by atoms with Crippen LogP contribution in [0.3, 0.4) is 0 Å². The molecule has 0 radical (unpaired) electrons. The predicted octanol–water partition coefficient (Wildman–Crippen LogP) is -6.84. The lowest BCUT2D eigenvalue weighted by Crippen LogP contribution is -2.62. The minimum absolute atomic E-state index is 0.0162. The molecule has 37 heteroatoms. The van der Waals surface area contributed by atoms with Gasteiger partial charge in [-0.15, -0.1) is 0 Å². The van der Waals surface area contributed by atoms with Gasteiger partial charge >= 0.3 is 0 Å². The average molecular weight is 1380 g/mol. The molecule has 37 nitrogen and oxygen atoms in total. The second-order valence-corrected chi connectivity index (χ2v) is 24.4. The quantitative estimate of drug-likeness (QED) is 0.0164. The monoisotopic (exact) mass is 1380 g/mol. The van der Waals surface area contributed by atoms with Gasteiger partial charge in [0.05, 0.1) is 12.5 Å². The van der Waals surface area contributed by atoms with Crippen molar-refractivity contribution in [3.8, 4) is 0 Å². The van der Waals surface area contributed by atoms with E-state index in [0.29, 0.717) is 18.4 Å². The summed E-state index contributed by atoms with van der Waals surface area (Å²) in [6, 6.07) is -6.47. The summed E-state index contributed by atoms with van der Waals surface area (Å²) in [7, 11) is 0. The molecule has 13 atom stereocenters. The summed E-state index contributed by atoms with van der Waals surface area (Å²) < 4.78 is 0. The van der Waals surface area contributed by atoms with Crippen LogP contribution in [0.1, 0.15) is 138 Å². The second-order valence-electron chi connectivity index (χ2n) is 24.4. The highest BCUT2D eigenvalue weighted by Gasteiger charge is 2.38. The number of nitrogens with one attached hydrogen (secondary N) is 10. The number of carbonyl (C=O) groups excluding carboxylic acids is 12. The summed E-state index contributed by atoms with van der Waals surface area (Å²) in [4.78, 5) is 182. The van der Waals surface area contributed by atoms with E-state index in [0.717, 1.165) is 0 Å². The maximum atomic E-state index is 14.6. The molecule has 0 aliphatic rings. The Morgan fingerprint density at radius 1 is 0.378 bits per heavy atom. The summed E-state index contributed by atoms with van der Waals surface area (Å²) in [6.45, 7) is 13.3. The summed E-state index contributed by atoms with van der Waals surface area (Å²) in [5, 5.41) is 26.2. The zero-order chi connectivity index (χ0) is 74.4. The molecule has 98 heavy (non-hydrogen) atoms. The van der Waals surface area contributed by atoms with Gasteiger partial charge in [-0.3, -0.25) is 77.5 Å². The molecule has 0 aromatic heterocycles. The van der Waals surface area contributed by atoms with E-state index in [1.807, 2.05) is 0 Å². The number of rotatable bonds is 47. The van der Waals surface area contributed by atoms with Crippen LogP contribution in [0.5, 0.6) is 0 Å². The number of aliphatic imine (C=N–C) groups is 4. The Morgan fingerprint density at radius 2 is 0.704 bits per heavy atom. The molecule has 0 unspecified atom stereocenters. The van der Waals surface area contributed by atoms with Crippen LogP contribution < -0.4 is 116 Å². The molecule has 1 aromatic carbocycles. The number of primary amides is 2. The fraction of sp³-hybridized carbons (Fsp3) is 0.639. The van der Waals surface area contributed by atoms with E-state index in [9.17, 15) is 57.5 Å². The normalized spacial score (nSPS) is 14.9. The Balaban J connectivity index is 3.78. The molecule has 0 aliphatic carbocycles. The van der Waals surface area contributed by atoms with E-state index >= 15 is 0 Å². The van der Waals surface area contributed by atoms with Gasteiger partial charge in [-0.1, -0.05) is 84.7 Å². The maximum Gasteiger partial charge on any atom is 0.243 e. The second kappa shape index (κ2) is 45.4. The largest absolute Gasteiger partial charge is 0.370 e. The van der Waals surface area contributed by atoms with Crippen molar-refractivity contribution in [1.29, 1.82) is 0 Å². The Kier molecular flexibility index (Phi) is 39.8. The van der Waals surface area contributed by atoms with Crippen LogP contribution in [0, 0.1) is 17.8 Å². The van der Waals surface area contributed by atoms with Gasteiger partial charge in [0.25, 0.3) is 0 Å². The fourth-order valence-corrected chi connectivity index (χ4v) is 9.51. The first kappa shape index (κ1) is 85.9. The highest BCUT2D eigenvalue weighted by Crippen LogP contribution is 2.16. The molecule has 0 fully saturated rings. The van der Waals surface area contributed by atoms with Crippen molar-refractivity contribution in [2.45, 2.75) is 205 Å². The van der Waals surface area contributed by atoms with E-state index in [1.165, 1.54) is 13.8 Å². The van der Waals surface area contributed by atoms with Gasteiger partial charge < -0.3 is 116 Å². The third-order valence-electron chi connectivity index (χ3n) is 15.4. The Morgan fingerprint density at radius 3 is 1.09 bits per heavy atom. The zero-order valence-electron chi connectivity index (χ0n) is 57.5. The van der Waals surface area contributed by atoms with Crippen LogP contribution in [-0.4, -0.2) is 187 Å². The molecular formula is C61H109N25O12. The van der Waals surface area contributed by atoms with Gasteiger partial charge in [-0.25, -0.2) is 0 Å². The van der Waals surface area contributed by atoms with Crippen molar-refractivity contribution in [2.75, 3.05) is 26.2 Å². The van der Waals surface area contributed by atoms with Gasteiger partial charge in [0.2, 0.25) is 70.9 Å². The van der Waals surface area contributed by atoms with Crippen molar-refractivity contribution < 1.29 is 57.5 Å². The minimum Gasteiger partial charge on any atom is -0.370 e. The number of carbonyl (C=O) groups is 12. The van der Waals surface area contributed by atoms with Crippen molar-refractivity contribution in [3.63, 3.8) is 0 Å². The Labute approximate surface area is 571 Å². The van der Waals surface area contributed by atoms with Crippen LogP contribution in [0.15, 0.2) is 50.3 Å². The van der Waals surface area contributed by atoms with Crippen LogP contribution >= 0.6 is 0 Å². The molecular weight excluding hydrogens is 1270 g/mol. The number of nitrogens with zero attached hydrogens (tertiary/aromatic N) is 4. The van der Waals surface area contributed by atoms with Gasteiger partial charge in [0.1, 0.15) is 60.4 Å². The molecule has 0 bridgehead atoms. The van der Waals surface area contributed by atoms with Gasteiger partial charge in [-0.2, -0.15) is 0 Å². The minimum atomic E-state index is -1.83. The standard InChI is InChI=1S/C61H109N25O12/c1-9-32(5)45(86-57(98)46(33(6)10-2)85-52(93)40(23-17-27-76-61(71)72)79-49(90)35(8)77-48(89)34(7)62)56(97)84-41(28-31(3)4)53(94)80-39(22-16-26-75-60(69)70)51(92)83-43(30-44(63)87)55(96)81-38(21-15-25-74-59(67)68)50(91)82-42(29-36-18-12-11-13-19-36)54(95)78-37(47(64)88)20-14-24-73-58(65)66/h11-13,18-19,31-35,37-43,45-46H,9-10,14-17,20-30,62H2,1-8H3,(H2,63,87)(H2,64,88)(H,77,89)(H,78,95)(H,79,90)(H,80,94)(H,81,96)(H,82,91)(H,83,92)(H,84,97)(H,85,93)(H,86,98)(H4,65,66,73)(H4,67,68,74)(H4,69,70,75)(H4,71,72,76)/t32-,33-,34-,35-,37-,38-,39-,40-,41-,42-,43-,45-,46-/m0/s1. The first-order valence-electron chi connectivity index (χ1n) is 32.6. The summed E-state index contributed by atoms with van der Waals surface area (Å²) in [5.41, 5.74) is 61.6. The van der Waals surface area contributed by atoms with E-state index in [1.54, 1.807) is 71.9 Å². The lowest BCUT2D eigenvalue weighted by Gasteiger charge is -2.31. The van der Waals surface area contributed by atoms with Gasteiger partial charge in [-0.05, 0) is 95.0 Å². The van der Waals surface area contributed by atoms with E-state index in [-0.39, 0.29) is 120 Å². The SMILES string of the molecule is CC[C@H](C)[C@H](NC(=O)[C@H](CCCN=C(N)N)NC(=O)[C@H](C)NC(=O)[C@H](C)N)C(=O)N[C@H](C(=O)N[C@@H](CC(C)C)C(=O)N[C@@H](CCCN=C(N)N)C(=O)N[C@@H](CC(N)=O)C(=O)N[C@@H](CCCN=C(N)N)C(=O)N[C@@H](Cc1ccccc1)C(=O)N[C@@H](CCCN=C(N)N)C(N)=O)[C@@H](C)CC. The highest BCUT2D eigenvalue weighted by atomic mass is 16.2. The maximum absolute atomic E-state index is 14.6. The number of benzene rings is 1. The van der Waals surface area contributed by atoms with Crippen molar-refractivity contribution in [2.24, 2.45) is 101 Å². The number of hydrogen-bond acceptors (Lipinski definition) is 17. The fourth-order valence-electron chi connectivity index (χ4n) is 9.51. The van der Waals surface area contributed by atoms with Crippen molar-refractivity contribution in [1.82, 2.24) is 53.2 Å².